The number of urea groups is 1. The van der Waals surface area contributed by atoms with Crippen LogP contribution in [0.4, 0.5) is 4.79 Å². The quantitative estimate of drug-likeness (QED) is 0.896. The molecule has 3 unspecified atom stereocenters. The van der Waals surface area contributed by atoms with Crippen molar-refractivity contribution in [1.82, 2.24) is 10.2 Å². The van der Waals surface area contributed by atoms with E-state index in [1.54, 1.807) is 6.07 Å². The van der Waals surface area contributed by atoms with Gasteiger partial charge < -0.3 is 15.3 Å². The van der Waals surface area contributed by atoms with Crippen molar-refractivity contribution in [3.8, 4) is 0 Å². The number of aliphatic carboxylic acids is 1. The van der Waals surface area contributed by atoms with Gasteiger partial charge in [0.1, 0.15) is 6.04 Å². The third-order valence-corrected chi connectivity index (χ3v) is 5.68. The fraction of sp³-hybridized carbons (Fsp3) is 0.571. The Kier molecular flexibility index (Phi) is 4.08. The first-order valence-corrected chi connectivity index (χ1v) is 8.27. The van der Waals surface area contributed by atoms with Gasteiger partial charge in [-0.1, -0.05) is 18.0 Å². The molecule has 1 aliphatic heterocycles. The maximum Gasteiger partial charge on any atom is 0.326 e. The highest BCUT2D eigenvalue weighted by molar-refractivity contribution is 7.16. The summed E-state index contributed by atoms with van der Waals surface area (Å²) >= 11 is 7.26. The first-order chi connectivity index (χ1) is 10.1. The van der Waals surface area contributed by atoms with Gasteiger partial charge in [0.15, 0.2) is 0 Å². The normalized spacial score (nSPS) is 27.7. The Hall–Kier alpha value is -1.27. The van der Waals surface area contributed by atoms with Crippen molar-refractivity contribution in [3.63, 3.8) is 0 Å². The number of hydrogen-bond donors (Lipinski definition) is 2. The number of carbonyl (C=O) groups is 2. The number of thiophene rings is 1. The standard InChI is InChI=1S/C14H17ClN2O3S/c15-11-5-4-9(21-11)6-16-14(20)17-7-8-2-1-3-10(8)12(17)13(18)19/h4-5,8,10,12H,1-3,6-7H2,(H,16,20)(H,18,19). The first kappa shape index (κ1) is 14.7. The smallest absolute Gasteiger partial charge is 0.326 e. The van der Waals surface area contributed by atoms with Crippen molar-refractivity contribution in [1.29, 1.82) is 0 Å². The van der Waals surface area contributed by atoms with Crippen LogP contribution >= 0.6 is 22.9 Å². The van der Waals surface area contributed by atoms with Crippen LogP contribution in [0.1, 0.15) is 24.1 Å². The molecule has 3 atom stereocenters. The minimum absolute atomic E-state index is 0.115. The van der Waals surface area contributed by atoms with Crippen LogP contribution in [-0.2, 0) is 11.3 Å². The number of carbonyl (C=O) groups excluding carboxylic acids is 1. The van der Waals surface area contributed by atoms with Crippen molar-refractivity contribution in [2.45, 2.75) is 31.8 Å². The van der Waals surface area contributed by atoms with E-state index >= 15 is 0 Å². The molecule has 3 rings (SSSR count). The van der Waals surface area contributed by atoms with Crippen LogP contribution < -0.4 is 5.32 Å². The van der Waals surface area contributed by atoms with Crippen LogP contribution in [0.25, 0.3) is 0 Å². The SMILES string of the molecule is O=C(O)C1C2CCCC2CN1C(=O)NCc1ccc(Cl)s1. The molecule has 0 spiro atoms. The Labute approximate surface area is 131 Å². The lowest BCUT2D eigenvalue weighted by Crippen LogP contribution is -2.47. The van der Waals surface area contributed by atoms with Crippen LogP contribution in [0, 0.1) is 11.8 Å². The second kappa shape index (κ2) is 5.85. The molecule has 5 nitrogen and oxygen atoms in total. The average Bonchev–Trinajstić information content (AvgIpc) is 3.09. The molecule has 2 amide bonds. The van der Waals surface area contributed by atoms with Gasteiger partial charge in [-0.3, -0.25) is 0 Å². The third kappa shape index (κ3) is 2.87. The van der Waals surface area contributed by atoms with Gasteiger partial charge in [-0.2, -0.15) is 0 Å². The summed E-state index contributed by atoms with van der Waals surface area (Å²) in [7, 11) is 0. The number of hydrogen-bond acceptors (Lipinski definition) is 3. The van der Waals surface area contributed by atoms with E-state index in [1.165, 1.54) is 16.2 Å². The van der Waals surface area contributed by atoms with Crippen LogP contribution in [-0.4, -0.2) is 34.6 Å². The Balaban J connectivity index is 1.64. The molecule has 1 saturated heterocycles. The van der Waals surface area contributed by atoms with E-state index < -0.39 is 12.0 Å². The number of fused-ring (bicyclic) bond motifs is 1. The molecular formula is C14H17ClN2O3S. The summed E-state index contributed by atoms with van der Waals surface area (Å²) in [6, 6.07) is 2.68. The Bertz CT molecular complexity index is 562. The van der Waals surface area contributed by atoms with Crippen LogP contribution in [0.2, 0.25) is 4.34 Å². The summed E-state index contributed by atoms with van der Waals surface area (Å²) in [6.45, 7) is 0.938. The molecule has 2 heterocycles. The summed E-state index contributed by atoms with van der Waals surface area (Å²) in [5.74, 6) is -0.434. The summed E-state index contributed by atoms with van der Waals surface area (Å²) in [5, 5.41) is 12.2. The number of nitrogens with zero attached hydrogens (tertiary/aromatic N) is 1. The zero-order valence-corrected chi connectivity index (χ0v) is 13.0. The number of nitrogens with one attached hydrogen (secondary N) is 1. The van der Waals surface area contributed by atoms with Crippen LogP contribution in [0.15, 0.2) is 12.1 Å². The number of carboxylic acid groups (broad SMARTS) is 1. The van der Waals surface area contributed by atoms with Gasteiger partial charge in [0, 0.05) is 11.4 Å². The minimum Gasteiger partial charge on any atom is -0.480 e. The molecule has 1 aromatic rings. The molecule has 0 bridgehead atoms. The molecule has 2 aliphatic rings. The van der Waals surface area contributed by atoms with E-state index in [-0.39, 0.29) is 11.9 Å². The highest BCUT2D eigenvalue weighted by Gasteiger charge is 2.49. The fourth-order valence-electron chi connectivity index (χ4n) is 3.54. The molecule has 114 valence electrons. The fourth-order valence-corrected chi connectivity index (χ4v) is 4.57. The Morgan fingerprint density at radius 2 is 2.24 bits per heavy atom. The highest BCUT2D eigenvalue weighted by Crippen LogP contribution is 2.42. The lowest BCUT2D eigenvalue weighted by atomic mass is 9.94. The van der Waals surface area contributed by atoms with Gasteiger partial charge in [0.05, 0.1) is 10.9 Å². The zero-order chi connectivity index (χ0) is 15.0. The predicted octanol–water partition coefficient (Wildman–Crippen LogP) is 2.80. The number of halogens is 1. The minimum atomic E-state index is -0.890. The van der Waals surface area contributed by atoms with E-state index in [4.69, 9.17) is 11.6 Å². The number of amides is 2. The van der Waals surface area contributed by atoms with Gasteiger partial charge in [-0.15, -0.1) is 11.3 Å². The summed E-state index contributed by atoms with van der Waals surface area (Å²) in [5.41, 5.74) is 0. The zero-order valence-electron chi connectivity index (χ0n) is 11.4. The average molecular weight is 329 g/mol. The van der Waals surface area contributed by atoms with Crippen molar-refractivity contribution < 1.29 is 14.7 Å². The largest absolute Gasteiger partial charge is 0.480 e. The topological polar surface area (TPSA) is 69.6 Å². The van der Waals surface area contributed by atoms with E-state index in [0.717, 1.165) is 24.1 Å². The van der Waals surface area contributed by atoms with E-state index in [2.05, 4.69) is 5.32 Å². The van der Waals surface area contributed by atoms with Crippen LogP contribution in [0.5, 0.6) is 0 Å². The van der Waals surface area contributed by atoms with E-state index in [1.807, 2.05) is 6.07 Å². The molecular weight excluding hydrogens is 312 g/mol. The van der Waals surface area contributed by atoms with Gasteiger partial charge in [0.25, 0.3) is 0 Å². The summed E-state index contributed by atoms with van der Waals surface area (Å²) in [6.07, 6.45) is 3.01. The molecule has 0 aromatic carbocycles. The molecule has 1 aromatic heterocycles. The lowest BCUT2D eigenvalue weighted by Gasteiger charge is -2.24. The van der Waals surface area contributed by atoms with Gasteiger partial charge in [0.2, 0.25) is 0 Å². The number of carboxylic acids is 1. The summed E-state index contributed by atoms with van der Waals surface area (Å²) < 4.78 is 0.679. The predicted molar refractivity (Wildman–Crippen MR) is 80.5 cm³/mol. The second-order valence-corrected chi connectivity index (χ2v) is 7.45. The maximum absolute atomic E-state index is 12.3. The van der Waals surface area contributed by atoms with E-state index in [9.17, 15) is 14.7 Å². The van der Waals surface area contributed by atoms with Crippen LogP contribution in [0.3, 0.4) is 0 Å². The lowest BCUT2D eigenvalue weighted by molar-refractivity contribution is -0.142. The maximum atomic E-state index is 12.3. The highest BCUT2D eigenvalue weighted by atomic mass is 35.5. The molecule has 1 saturated carbocycles. The number of likely N-dealkylation sites (tertiary alicyclic amines) is 1. The first-order valence-electron chi connectivity index (χ1n) is 7.07. The molecule has 0 radical (unpaired) electrons. The van der Waals surface area contributed by atoms with Crippen molar-refractivity contribution in [3.05, 3.63) is 21.3 Å². The van der Waals surface area contributed by atoms with Crippen molar-refractivity contribution in [2.75, 3.05) is 6.54 Å². The van der Waals surface area contributed by atoms with Gasteiger partial charge >= 0.3 is 12.0 Å². The molecule has 2 N–H and O–H groups in total. The monoisotopic (exact) mass is 328 g/mol. The number of rotatable bonds is 3. The summed E-state index contributed by atoms with van der Waals surface area (Å²) in [4.78, 5) is 26.2. The molecule has 7 heteroatoms. The molecule has 2 fully saturated rings. The molecule has 21 heavy (non-hydrogen) atoms. The van der Waals surface area contributed by atoms with Crippen molar-refractivity contribution in [2.24, 2.45) is 11.8 Å². The van der Waals surface area contributed by atoms with Crippen molar-refractivity contribution >= 4 is 34.9 Å². The Morgan fingerprint density at radius 1 is 1.43 bits per heavy atom. The third-order valence-electron chi connectivity index (χ3n) is 4.45. The van der Waals surface area contributed by atoms with Gasteiger partial charge in [-0.25, -0.2) is 9.59 Å². The van der Waals surface area contributed by atoms with Gasteiger partial charge in [-0.05, 0) is 36.8 Å². The second-order valence-electron chi connectivity index (χ2n) is 5.65. The molecule has 1 aliphatic carbocycles. The Morgan fingerprint density at radius 3 is 2.90 bits per heavy atom. The van der Waals surface area contributed by atoms with E-state index in [0.29, 0.717) is 23.3 Å².